The molecule has 0 bridgehead atoms. The maximum atomic E-state index is 12.6. The molecule has 23 heavy (non-hydrogen) atoms. The minimum absolute atomic E-state index is 0.0967. The number of halogens is 1. The molecule has 0 unspecified atom stereocenters. The Morgan fingerprint density at radius 2 is 1.87 bits per heavy atom. The quantitative estimate of drug-likeness (QED) is 0.506. The van der Waals surface area contributed by atoms with Gasteiger partial charge in [0.2, 0.25) is 0 Å². The molecule has 0 atom stereocenters. The summed E-state index contributed by atoms with van der Waals surface area (Å²) in [6.45, 7) is 3.89. The van der Waals surface area contributed by atoms with Crippen molar-refractivity contribution in [2.45, 2.75) is 13.8 Å². The molecule has 0 saturated heterocycles. The van der Waals surface area contributed by atoms with E-state index in [9.17, 15) is 4.79 Å². The third-order valence-corrected chi connectivity index (χ3v) is 4.29. The van der Waals surface area contributed by atoms with Crippen molar-refractivity contribution in [3.8, 4) is 5.69 Å². The second-order valence-corrected chi connectivity index (χ2v) is 6.56. The lowest BCUT2D eigenvalue weighted by Crippen LogP contribution is -2.17. The number of nitrogens with one attached hydrogen (secondary N) is 1. The standard InChI is InChI=1S/C18H16IN3O/c1-12-10-14(19)8-9-17(12)20-11-16-13(2)21-22(18(16)23)15-6-4-3-5-7-15/h3-11,21H,1-2H3. The van der Waals surface area contributed by atoms with Gasteiger partial charge < -0.3 is 0 Å². The van der Waals surface area contributed by atoms with Gasteiger partial charge in [-0.2, -0.15) is 0 Å². The van der Waals surface area contributed by atoms with Crippen molar-refractivity contribution in [1.29, 1.82) is 0 Å². The number of rotatable bonds is 3. The number of aliphatic imine (C=N–C) groups is 1. The van der Waals surface area contributed by atoms with Gasteiger partial charge in [0.15, 0.2) is 0 Å². The van der Waals surface area contributed by atoms with Gasteiger partial charge in [-0.25, -0.2) is 4.68 Å². The van der Waals surface area contributed by atoms with Crippen LogP contribution in [0.15, 0.2) is 58.3 Å². The monoisotopic (exact) mass is 417 g/mol. The molecule has 1 N–H and O–H groups in total. The molecule has 2 aromatic carbocycles. The summed E-state index contributed by atoms with van der Waals surface area (Å²) in [5.74, 6) is 0. The van der Waals surface area contributed by atoms with E-state index >= 15 is 0 Å². The fourth-order valence-corrected chi connectivity index (χ4v) is 3.02. The number of H-pyrrole nitrogens is 1. The molecule has 0 amide bonds. The molecule has 0 aliphatic rings. The molecular weight excluding hydrogens is 401 g/mol. The average molecular weight is 417 g/mol. The van der Waals surface area contributed by atoms with E-state index in [1.54, 1.807) is 6.21 Å². The molecule has 116 valence electrons. The smallest absolute Gasteiger partial charge is 0.280 e. The van der Waals surface area contributed by atoms with E-state index in [0.717, 1.165) is 22.6 Å². The SMILES string of the molecule is Cc1cc(I)ccc1N=Cc1c(C)[nH]n(-c2ccccc2)c1=O. The van der Waals surface area contributed by atoms with Crippen molar-refractivity contribution in [3.63, 3.8) is 0 Å². The van der Waals surface area contributed by atoms with Gasteiger partial charge in [-0.15, -0.1) is 0 Å². The van der Waals surface area contributed by atoms with Crippen LogP contribution in [0, 0.1) is 17.4 Å². The molecule has 3 aromatic rings. The highest BCUT2D eigenvalue weighted by molar-refractivity contribution is 14.1. The first-order chi connectivity index (χ1) is 11.1. The van der Waals surface area contributed by atoms with Gasteiger partial charge in [0, 0.05) is 15.5 Å². The number of hydrogen-bond donors (Lipinski definition) is 1. The van der Waals surface area contributed by atoms with Crippen LogP contribution in [0.3, 0.4) is 0 Å². The molecule has 0 aliphatic heterocycles. The lowest BCUT2D eigenvalue weighted by Gasteiger charge is -2.00. The van der Waals surface area contributed by atoms with Crippen molar-refractivity contribution in [3.05, 3.63) is 79.3 Å². The summed E-state index contributed by atoms with van der Waals surface area (Å²) in [5.41, 5.74) is 4.05. The van der Waals surface area contributed by atoms with E-state index in [0.29, 0.717) is 5.56 Å². The molecule has 3 rings (SSSR count). The molecule has 5 heteroatoms. The second-order valence-electron chi connectivity index (χ2n) is 5.32. The Hall–Kier alpha value is -2.15. The van der Waals surface area contributed by atoms with Crippen molar-refractivity contribution >= 4 is 34.5 Å². The molecule has 1 aromatic heterocycles. The first-order valence-corrected chi connectivity index (χ1v) is 8.31. The Bertz CT molecular complexity index is 923. The van der Waals surface area contributed by atoms with Crippen LogP contribution in [0.4, 0.5) is 5.69 Å². The Morgan fingerprint density at radius 3 is 2.57 bits per heavy atom. The number of aryl methyl sites for hydroxylation is 2. The van der Waals surface area contributed by atoms with Gasteiger partial charge in [-0.1, -0.05) is 18.2 Å². The van der Waals surface area contributed by atoms with Crippen LogP contribution in [0.5, 0.6) is 0 Å². The van der Waals surface area contributed by atoms with E-state index in [1.165, 1.54) is 8.25 Å². The number of para-hydroxylation sites is 1. The first-order valence-electron chi connectivity index (χ1n) is 7.23. The Balaban J connectivity index is 2.00. The zero-order valence-electron chi connectivity index (χ0n) is 12.9. The van der Waals surface area contributed by atoms with Gasteiger partial charge in [0.25, 0.3) is 5.56 Å². The third kappa shape index (κ3) is 3.29. The Kier molecular flexibility index (Phi) is 4.47. The number of aromatic amines is 1. The maximum absolute atomic E-state index is 12.6. The average Bonchev–Trinajstić information content (AvgIpc) is 2.82. The number of nitrogens with zero attached hydrogens (tertiary/aromatic N) is 2. The number of benzene rings is 2. The highest BCUT2D eigenvalue weighted by Crippen LogP contribution is 2.20. The van der Waals surface area contributed by atoms with Crippen LogP contribution in [-0.2, 0) is 0 Å². The third-order valence-electron chi connectivity index (χ3n) is 3.62. The van der Waals surface area contributed by atoms with Crippen LogP contribution in [0.25, 0.3) is 5.69 Å². The molecule has 1 heterocycles. The van der Waals surface area contributed by atoms with Gasteiger partial charge in [0.1, 0.15) is 0 Å². The number of aromatic nitrogens is 2. The van der Waals surface area contributed by atoms with Gasteiger partial charge in [0.05, 0.1) is 16.9 Å². The summed E-state index contributed by atoms with van der Waals surface area (Å²) < 4.78 is 2.71. The highest BCUT2D eigenvalue weighted by Gasteiger charge is 2.10. The molecule has 0 radical (unpaired) electrons. The van der Waals surface area contributed by atoms with Gasteiger partial charge in [-0.05, 0) is 72.3 Å². The van der Waals surface area contributed by atoms with Gasteiger partial charge in [-0.3, -0.25) is 14.9 Å². The van der Waals surface area contributed by atoms with Crippen molar-refractivity contribution in [1.82, 2.24) is 9.78 Å². The fourth-order valence-electron chi connectivity index (χ4n) is 2.37. The van der Waals surface area contributed by atoms with Crippen LogP contribution in [0.1, 0.15) is 16.8 Å². The predicted octanol–water partition coefficient (Wildman–Crippen LogP) is 4.14. The zero-order valence-corrected chi connectivity index (χ0v) is 15.0. The van der Waals surface area contributed by atoms with E-state index in [2.05, 4.69) is 38.7 Å². The van der Waals surface area contributed by atoms with Crippen molar-refractivity contribution in [2.24, 2.45) is 4.99 Å². The summed E-state index contributed by atoms with van der Waals surface area (Å²) in [6, 6.07) is 15.5. The van der Waals surface area contributed by atoms with Crippen LogP contribution in [-0.4, -0.2) is 16.0 Å². The largest absolute Gasteiger partial charge is 0.295 e. The second kappa shape index (κ2) is 6.54. The highest BCUT2D eigenvalue weighted by atomic mass is 127. The Labute approximate surface area is 148 Å². The summed E-state index contributed by atoms with van der Waals surface area (Å²) >= 11 is 2.27. The maximum Gasteiger partial charge on any atom is 0.280 e. The summed E-state index contributed by atoms with van der Waals surface area (Å²) in [6.07, 6.45) is 1.64. The van der Waals surface area contributed by atoms with E-state index < -0.39 is 0 Å². The van der Waals surface area contributed by atoms with Crippen LogP contribution in [0.2, 0.25) is 0 Å². The molecule has 0 fully saturated rings. The Morgan fingerprint density at radius 1 is 1.13 bits per heavy atom. The molecule has 0 saturated carbocycles. The minimum atomic E-state index is -0.0967. The molecular formula is C18H16IN3O. The summed E-state index contributed by atoms with van der Waals surface area (Å²) in [4.78, 5) is 17.1. The summed E-state index contributed by atoms with van der Waals surface area (Å²) in [7, 11) is 0. The molecule has 0 aliphatic carbocycles. The van der Waals surface area contributed by atoms with E-state index in [-0.39, 0.29) is 5.56 Å². The normalized spacial score (nSPS) is 11.3. The molecule has 0 spiro atoms. The predicted molar refractivity (Wildman–Crippen MR) is 102 cm³/mol. The van der Waals surface area contributed by atoms with Crippen molar-refractivity contribution in [2.75, 3.05) is 0 Å². The van der Waals surface area contributed by atoms with Crippen LogP contribution >= 0.6 is 22.6 Å². The number of hydrogen-bond acceptors (Lipinski definition) is 2. The molecule has 4 nitrogen and oxygen atoms in total. The van der Waals surface area contributed by atoms with Crippen molar-refractivity contribution < 1.29 is 0 Å². The van der Waals surface area contributed by atoms with E-state index in [1.807, 2.05) is 56.3 Å². The first kappa shape index (κ1) is 15.7. The minimum Gasteiger partial charge on any atom is -0.295 e. The van der Waals surface area contributed by atoms with Gasteiger partial charge >= 0.3 is 0 Å². The van der Waals surface area contributed by atoms with Crippen LogP contribution < -0.4 is 5.56 Å². The lowest BCUT2D eigenvalue weighted by atomic mass is 10.2. The fraction of sp³-hybridized carbons (Fsp3) is 0.111. The van der Waals surface area contributed by atoms with E-state index in [4.69, 9.17) is 0 Å². The topological polar surface area (TPSA) is 50.1 Å². The zero-order chi connectivity index (χ0) is 16.4. The lowest BCUT2D eigenvalue weighted by molar-refractivity contribution is 0.835. The summed E-state index contributed by atoms with van der Waals surface area (Å²) in [5, 5.41) is 3.10.